The van der Waals surface area contributed by atoms with Crippen LogP contribution in [0.2, 0.25) is 0 Å². The number of nitrogens with one attached hydrogen (secondary N) is 1. The van der Waals surface area contributed by atoms with Gasteiger partial charge in [-0.05, 0) is 6.92 Å². The minimum Gasteiger partial charge on any atom is -0.489 e. The van der Waals surface area contributed by atoms with Gasteiger partial charge in [0.25, 0.3) is 0 Å². The monoisotopic (exact) mass is 213 g/mol. The molecule has 82 valence electrons. The van der Waals surface area contributed by atoms with Crippen LogP contribution in [0.15, 0.2) is 11.6 Å². The van der Waals surface area contributed by atoms with Crippen molar-refractivity contribution >= 4 is 17.5 Å². The Morgan fingerprint density at radius 2 is 1.87 bits per heavy atom. The summed E-state index contributed by atoms with van der Waals surface area (Å²) in [6.07, 6.45) is 0. The third-order valence-electron chi connectivity index (χ3n) is 2.01. The Bertz CT molecular complexity index is 358. The first-order valence-electron chi connectivity index (χ1n) is 4.20. The van der Waals surface area contributed by atoms with Gasteiger partial charge in [-0.15, -0.1) is 0 Å². The zero-order valence-corrected chi connectivity index (χ0v) is 8.62. The molecule has 0 radical (unpaired) electrons. The van der Waals surface area contributed by atoms with E-state index in [4.69, 9.17) is 9.47 Å². The molecule has 0 bridgehead atoms. The van der Waals surface area contributed by atoms with E-state index in [0.717, 1.165) is 0 Å². The Morgan fingerprint density at radius 1 is 1.27 bits per heavy atom. The van der Waals surface area contributed by atoms with E-state index >= 15 is 0 Å². The molecule has 1 aliphatic rings. The lowest BCUT2D eigenvalue weighted by molar-refractivity contribution is -0.141. The number of carbonyl (C=O) groups is 3. The molecular weight excluding hydrogens is 202 g/mol. The highest BCUT2D eigenvalue weighted by Crippen LogP contribution is 2.18. The zero-order valence-electron chi connectivity index (χ0n) is 8.62. The first-order valence-corrected chi connectivity index (χ1v) is 4.20. The molecule has 0 aliphatic carbocycles. The fourth-order valence-electron chi connectivity index (χ4n) is 1.31. The molecule has 1 unspecified atom stereocenters. The molecule has 0 saturated heterocycles. The summed E-state index contributed by atoms with van der Waals surface area (Å²) in [4.78, 5) is 34.1. The smallest absolute Gasteiger partial charge is 0.245 e. The second kappa shape index (κ2) is 4.12. The zero-order chi connectivity index (χ0) is 11.6. The number of hydrogen-bond acceptors (Lipinski definition) is 5. The van der Waals surface area contributed by atoms with Gasteiger partial charge in [0.15, 0.2) is 5.92 Å². The molecular formula is C9H11NO5. The molecule has 1 aliphatic heterocycles. The van der Waals surface area contributed by atoms with Crippen LogP contribution in [0.1, 0.15) is 6.92 Å². The highest BCUT2D eigenvalue weighted by molar-refractivity contribution is 6.24. The Morgan fingerprint density at radius 3 is 2.27 bits per heavy atom. The first kappa shape index (κ1) is 11.2. The van der Waals surface area contributed by atoms with Crippen molar-refractivity contribution < 1.29 is 23.9 Å². The maximum absolute atomic E-state index is 11.6. The Balaban J connectivity index is 3.16. The topological polar surface area (TPSA) is 81.7 Å². The SMILES string of the molecule is COC1=C(OC)C(=O)C(C(C)=O)C(=O)N1. The van der Waals surface area contributed by atoms with Gasteiger partial charge in [-0.2, -0.15) is 0 Å². The fraction of sp³-hybridized carbons (Fsp3) is 0.444. The van der Waals surface area contributed by atoms with E-state index < -0.39 is 23.4 Å². The molecule has 0 spiro atoms. The van der Waals surface area contributed by atoms with E-state index in [1.54, 1.807) is 0 Å². The van der Waals surface area contributed by atoms with Crippen molar-refractivity contribution in [3.63, 3.8) is 0 Å². The molecule has 6 nitrogen and oxygen atoms in total. The average Bonchev–Trinajstić information content (AvgIpc) is 2.16. The van der Waals surface area contributed by atoms with Crippen LogP contribution in [0.4, 0.5) is 0 Å². The van der Waals surface area contributed by atoms with Crippen LogP contribution >= 0.6 is 0 Å². The quantitative estimate of drug-likeness (QED) is 0.630. The Labute approximate surface area is 86.2 Å². The maximum atomic E-state index is 11.6. The molecule has 1 amide bonds. The molecule has 1 rings (SSSR count). The number of ketones is 2. The van der Waals surface area contributed by atoms with Gasteiger partial charge in [-0.1, -0.05) is 0 Å². The van der Waals surface area contributed by atoms with Crippen molar-refractivity contribution in [2.45, 2.75) is 6.92 Å². The van der Waals surface area contributed by atoms with Crippen LogP contribution in [0.25, 0.3) is 0 Å². The number of carbonyl (C=O) groups excluding carboxylic acids is 3. The van der Waals surface area contributed by atoms with Crippen molar-refractivity contribution in [2.75, 3.05) is 14.2 Å². The standard InChI is InChI=1S/C9H11NO5/c1-4(11)5-6(12)7(14-2)9(15-3)10-8(5)13/h5H,1-3H3,(H,10,13). The second-order valence-electron chi connectivity index (χ2n) is 2.96. The van der Waals surface area contributed by atoms with Crippen molar-refractivity contribution in [2.24, 2.45) is 5.92 Å². The van der Waals surface area contributed by atoms with Crippen molar-refractivity contribution in [1.29, 1.82) is 0 Å². The summed E-state index contributed by atoms with van der Waals surface area (Å²) in [5, 5.41) is 2.28. The summed E-state index contributed by atoms with van der Waals surface area (Å²) < 4.78 is 9.53. The fourth-order valence-corrected chi connectivity index (χ4v) is 1.31. The summed E-state index contributed by atoms with van der Waals surface area (Å²) in [7, 11) is 2.55. The van der Waals surface area contributed by atoms with Gasteiger partial charge in [0.1, 0.15) is 5.78 Å². The molecule has 0 fully saturated rings. The summed E-state index contributed by atoms with van der Waals surface area (Å²) in [5.74, 6) is -3.43. The minimum absolute atomic E-state index is 0.0648. The maximum Gasteiger partial charge on any atom is 0.245 e. The highest BCUT2D eigenvalue weighted by atomic mass is 16.5. The van der Waals surface area contributed by atoms with Gasteiger partial charge in [0.2, 0.25) is 23.3 Å². The van der Waals surface area contributed by atoms with Gasteiger partial charge >= 0.3 is 0 Å². The van der Waals surface area contributed by atoms with Crippen LogP contribution in [0.3, 0.4) is 0 Å². The van der Waals surface area contributed by atoms with E-state index in [-0.39, 0.29) is 11.6 Å². The highest BCUT2D eigenvalue weighted by Gasteiger charge is 2.40. The van der Waals surface area contributed by atoms with Crippen molar-refractivity contribution in [3.8, 4) is 0 Å². The van der Waals surface area contributed by atoms with Crippen molar-refractivity contribution in [3.05, 3.63) is 11.6 Å². The normalized spacial score (nSPS) is 21.1. The number of methoxy groups -OCH3 is 2. The van der Waals surface area contributed by atoms with Crippen LogP contribution in [0.5, 0.6) is 0 Å². The molecule has 15 heavy (non-hydrogen) atoms. The van der Waals surface area contributed by atoms with Gasteiger partial charge < -0.3 is 9.47 Å². The summed E-state index contributed by atoms with van der Waals surface area (Å²) in [5.41, 5.74) is 0. The van der Waals surface area contributed by atoms with Gasteiger partial charge in [-0.3, -0.25) is 19.7 Å². The molecule has 1 heterocycles. The van der Waals surface area contributed by atoms with Crippen LogP contribution in [0, 0.1) is 5.92 Å². The van der Waals surface area contributed by atoms with Crippen molar-refractivity contribution in [1.82, 2.24) is 5.32 Å². The summed E-state index contributed by atoms with van der Waals surface area (Å²) in [6, 6.07) is 0. The lowest BCUT2D eigenvalue weighted by Gasteiger charge is -2.22. The van der Waals surface area contributed by atoms with E-state index in [0.29, 0.717) is 0 Å². The summed E-state index contributed by atoms with van der Waals surface area (Å²) in [6.45, 7) is 1.17. The van der Waals surface area contributed by atoms with Crippen LogP contribution in [-0.4, -0.2) is 31.7 Å². The van der Waals surface area contributed by atoms with E-state index in [2.05, 4.69) is 5.32 Å². The molecule has 1 N–H and O–H groups in total. The van der Waals surface area contributed by atoms with Crippen LogP contribution in [-0.2, 0) is 23.9 Å². The molecule has 6 heteroatoms. The molecule has 0 aromatic rings. The predicted octanol–water partition coefficient (Wildman–Crippen LogP) is -0.648. The van der Waals surface area contributed by atoms with Gasteiger partial charge in [0.05, 0.1) is 14.2 Å². The molecule has 0 aromatic carbocycles. The number of amides is 1. The molecule has 0 saturated carbocycles. The van der Waals surface area contributed by atoms with E-state index in [1.165, 1.54) is 21.1 Å². The number of allylic oxidation sites excluding steroid dienone is 1. The number of hydrogen-bond donors (Lipinski definition) is 1. The lowest BCUT2D eigenvalue weighted by atomic mass is 9.95. The largest absolute Gasteiger partial charge is 0.489 e. The predicted molar refractivity (Wildman–Crippen MR) is 48.4 cm³/mol. The number of Topliss-reactive ketones (excluding diaryl/α,β-unsaturated/α-hetero) is 2. The lowest BCUT2D eigenvalue weighted by Crippen LogP contribution is -2.45. The Kier molecular flexibility index (Phi) is 3.08. The Hall–Kier alpha value is -1.85. The summed E-state index contributed by atoms with van der Waals surface area (Å²) >= 11 is 0. The van der Waals surface area contributed by atoms with Crippen LogP contribution < -0.4 is 5.32 Å². The van der Waals surface area contributed by atoms with Gasteiger partial charge in [-0.25, -0.2) is 0 Å². The average molecular weight is 213 g/mol. The van der Waals surface area contributed by atoms with E-state index in [9.17, 15) is 14.4 Å². The minimum atomic E-state index is -1.33. The number of rotatable bonds is 3. The molecule has 1 atom stereocenters. The first-order chi connectivity index (χ1) is 7.02. The van der Waals surface area contributed by atoms with Gasteiger partial charge in [0, 0.05) is 0 Å². The molecule has 0 aromatic heterocycles. The second-order valence-corrected chi connectivity index (χ2v) is 2.96. The number of ether oxygens (including phenoxy) is 2. The van der Waals surface area contributed by atoms with E-state index in [1.807, 2.05) is 0 Å². The third-order valence-corrected chi connectivity index (χ3v) is 2.01. The third kappa shape index (κ3) is 1.83.